The van der Waals surface area contributed by atoms with E-state index >= 15 is 0 Å². The van der Waals surface area contributed by atoms with E-state index in [0.717, 1.165) is 0 Å². The van der Waals surface area contributed by atoms with Gasteiger partial charge in [-0.15, -0.1) is 0 Å². The van der Waals surface area contributed by atoms with Gasteiger partial charge >= 0.3 is 12.0 Å². The lowest BCUT2D eigenvalue weighted by Crippen LogP contribution is -2.42. The minimum atomic E-state index is -0.994. The first-order chi connectivity index (χ1) is 13.8. The Balaban J connectivity index is 1.82. The lowest BCUT2D eigenvalue weighted by atomic mass is 10.2. The van der Waals surface area contributed by atoms with E-state index in [-0.39, 0.29) is 11.4 Å². The number of carbonyl (C=O) groups excluding carboxylic acids is 3. The Labute approximate surface area is 166 Å². The van der Waals surface area contributed by atoms with Gasteiger partial charge < -0.3 is 20.7 Å². The monoisotopic (exact) mass is 400 g/mol. The maximum absolute atomic E-state index is 12.0. The minimum absolute atomic E-state index is 0.176. The van der Waals surface area contributed by atoms with Crippen LogP contribution in [0.5, 0.6) is 0 Å². The highest BCUT2D eigenvalue weighted by molar-refractivity contribution is 5.95. The highest BCUT2D eigenvalue weighted by atomic mass is 16.6. The molecule has 1 atom stereocenters. The van der Waals surface area contributed by atoms with Crippen molar-refractivity contribution in [2.24, 2.45) is 0 Å². The van der Waals surface area contributed by atoms with Crippen molar-refractivity contribution in [3.63, 3.8) is 0 Å². The SMILES string of the molecule is Cc1ccc([N+](=O)[O-])cc1NC(=O)COC(=O)[C@H](C)NC(=O)Nc1ccccc1. The molecule has 0 saturated heterocycles. The Hall–Kier alpha value is -3.95. The van der Waals surface area contributed by atoms with Gasteiger partial charge in [-0.25, -0.2) is 9.59 Å². The number of hydrogen-bond acceptors (Lipinski definition) is 6. The molecule has 0 aliphatic heterocycles. The van der Waals surface area contributed by atoms with Gasteiger partial charge in [-0.3, -0.25) is 14.9 Å². The molecule has 10 nitrogen and oxygen atoms in total. The van der Waals surface area contributed by atoms with Crippen LogP contribution in [-0.4, -0.2) is 35.5 Å². The van der Waals surface area contributed by atoms with Crippen molar-refractivity contribution in [2.45, 2.75) is 19.9 Å². The number of para-hydroxylation sites is 1. The normalized spacial score (nSPS) is 11.1. The van der Waals surface area contributed by atoms with Crippen LogP contribution in [0.15, 0.2) is 48.5 Å². The number of amides is 3. The van der Waals surface area contributed by atoms with Crippen molar-refractivity contribution in [2.75, 3.05) is 17.2 Å². The quantitative estimate of drug-likeness (QED) is 0.371. The van der Waals surface area contributed by atoms with Crippen LogP contribution in [0.4, 0.5) is 21.9 Å². The van der Waals surface area contributed by atoms with E-state index in [2.05, 4.69) is 16.0 Å². The molecule has 29 heavy (non-hydrogen) atoms. The predicted molar refractivity (Wildman–Crippen MR) is 105 cm³/mol. The van der Waals surface area contributed by atoms with Crippen LogP contribution in [0, 0.1) is 17.0 Å². The second-order valence-corrected chi connectivity index (χ2v) is 6.10. The van der Waals surface area contributed by atoms with E-state index in [1.54, 1.807) is 37.3 Å². The van der Waals surface area contributed by atoms with Gasteiger partial charge in [-0.1, -0.05) is 24.3 Å². The van der Waals surface area contributed by atoms with E-state index in [4.69, 9.17) is 4.74 Å². The summed E-state index contributed by atoms with van der Waals surface area (Å²) in [5.74, 6) is -1.47. The molecule has 0 aliphatic carbocycles. The largest absolute Gasteiger partial charge is 0.454 e. The molecule has 2 aromatic rings. The van der Waals surface area contributed by atoms with Crippen LogP contribution >= 0.6 is 0 Å². The third-order valence-corrected chi connectivity index (χ3v) is 3.78. The molecule has 2 aromatic carbocycles. The Morgan fingerprint density at radius 2 is 1.79 bits per heavy atom. The number of esters is 1. The third kappa shape index (κ3) is 6.61. The van der Waals surface area contributed by atoms with Crippen molar-refractivity contribution in [3.05, 3.63) is 64.2 Å². The van der Waals surface area contributed by atoms with Crippen LogP contribution in [0.2, 0.25) is 0 Å². The van der Waals surface area contributed by atoms with Gasteiger partial charge in [-0.05, 0) is 31.5 Å². The van der Waals surface area contributed by atoms with E-state index in [1.165, 1.54) is 25.1 Å². The highest BCUT2D eigenvalue weighted by Gasteiger charge is 2.19. The van der Waals surface area contributed by atoms with E-state index < -0.39 is 35.5 Å². The molecule has 2 rings (SSSR count). The fourth-order valence-corrected chi connectivity index (χ4v) is 2.25. The fourth-order valence-electron chi connectivity index (χ4n) is 2.25. The lowest BCUT2D eigenvalue weighted by molar-refractivity contribution is -0.384. The molecule has 152 valence electrons. The van der Waals surface area contributed by atoms with Crippen LogP contribution in [-0.2, 0) is 14.3 Å². The number of anilines is 2. The molecule has 0 aromatic heterocycles. The molecule has 0 fully saturated rings. The summed E-state index contributed by atoms with van der Waals surface area (Å²) in [6.45, 7) is 2.48. The van der Waals surface area contributed by atoms with Crippen LogP contribution in [0.3, 0.4) is 0 Å². The summed E-state index contributed by atoms with van der Waals surface area (Å²) < 4.78 is 4.88. The number of ether oxygens (including phenoxy) is 1. The second-order valence-electron chi connectivity index (χ2n) is 6.10. The van der Waals surface area contributed by atoms with Gasteiger partial charge in [0, 0.05) is 17.8 Å². The van der Waals surface area contributed by atoms with Crippen molar-refractivity contribution >= 4 is 35.0 Å². The summed E-state index contributed by atoms with van der Waals surface area (Å²) in [5, 5.41) is 18.2. The van der Waals surface area contributed by atoms with Gasteiger partial charge in [0.15, 0.2) is 6.61 Å². The number of nitro benzene ring substituents is 1. The zero-order chi connectivity index (χ0) is 21.4. The number of benzene rings is 2. The summed E-state index contributed by atoms with van der Waals surface area (Å²) in [5.41, 5.74) is 1.24. The van der Waals surface area contributed by atoms with Crippen LogP contribution < -0.4 is 16.0 Å². The molecular formula is C19H20N4O6. The summed E-state index contributed by atoms with van der Waals surface area (Å²) in [4.78, 5) is 46.1. The third-order valence-electron chi connectivity index (χ3n) is 3.78. The number of rotatable bonds is 7. The first-order valence-electron chi connectivity index (χ1n) is 8.60. The van der Waals surface area contributed by atoms with Gasteiger partial charge in [0.1, 0.15) is 6.04 Å². The van der Waals surface area contributed by atoms with Gasteiger partial charge in [0.2, 0.25) is 0 Å². The molecule has 0 radical (unpaired) electrons. The topological polar surface area (TPSA) is 140 Å². The molecular weight excluding hydrogens is 380 g/mol. The number of aryl methyl sites for hydroxylation is 1. The minimum Gasteiger partial charge on any atom is -0.454 e. The maximum atomic E-state index is 12.0. The molecule has 3 amide bonds. The lowest BCUT2D eigenvalue weighted by Gasteiger charge is -2.14. The number of nitrogens with zero attached hydrogens (tertiary/aromatic N) is 1. The summed E-state index contributed by atoms with van der Waals surface area (Å²) >= 11 is 0. The smallest absolute Gasteiger partial charge is 0.328 e. The molecule has 0 bridgehead atoms. The molecule has 0 saturated carbocycles. The van der Waals surface area contributed by atoms with Gasteiger partial charge in [-0.2, -0.15) is 0 Å². The van der Waals surface area contributed by atoms with E-state index in [9.17, 15) is 24.5 Å². The molecule has 0 spiro atoms. The molecule has 0 heterocycles. The summed E-state index contributed by atoms with van der Waals surface area (Å²) in [6.07, 6.45) is 0. The highest BCUT2D eigenvalue weighted by Crippen LogP contribution is 2.21. The second kappa shape index (κ2) is 9.83. The standard InChI is InChI=1S/C19H20N4O6/c1-12-8-9-15(23(27)28)10-16(12)22-17(24)11-29-18(25)13(2)20-19(26)21-14-6-4-3-5-7-14/h3-10,13H,11H2,1-2H3,(H,22,24)(H2,20,21,26)/t13-/m0/s1. The Bertz CT molecular complexity index is 916. The number of nitrogens with one attached hydrogen (secondary N) is 3. The van der Waals surface area contributed by atoms with Crippen molar-refractivity contribution in [3.8, 4) is 0 Å². The average molecular weight is 400 g/mol. The first kappa shape index (κ1) is 21.4. The average Bonchev–Trinajstić information content (AvgIpc) is 2.68. The number of urea groups is 1. The van der Waals surface area contributed by atoms with E-state index in [0.29, 0.717) is 11.3 Å². The maximum Gasteiger partial charge on any atom is 0.328 e. The Morgan fingerprint density at radius 1 is 1.10 bits per heavy atom. The van der Waals surface area contributed by atoms with Gasteiger partial charge in [0.25, 0.3) is 11.6 Å². The summed E-state index contributed by atoms with van der Waals surface area (Å²) in [6, 6.07) is 11.1. The van der Waals surface area contributed by atoms with Crippen molar-refractivity contribution in [1.29, 1.82) is 0 Å². The number of carbonyl (C=O) groups is 3. The molecule has 3 N–H and O–H groups in total. The van der Waals surface area contributed by atoms with Crippen molar-refractivity contribution < 1.29 is 24.0 Å². The number of hydrogen-bond donors (Lipinski definition) is 3. The van der Waals surface area contributed by atoms with Crippen LogP contribution in [0.1, 0.15) is 12.5 Å². The fraction of sp³-hybridized carbons (Fsp3) is 0.211. The molecule has 10 heteroatoms. The molecule has 0 unspecified atom stereocenters. The van der Waals surface area contributed by atoms with Crippen LogP contribution in [0.25, 0.3) is 0 Å². The number of nitro groups is 1. The Kier molecular flexibility index (Phi) is 7.24. The van der Waals surface area contributed by atoms with Crippen molar-refractivity contribution in [1.82, 2.24) is 5.32 Å². The zero-order valence-corrected chi connectivity index (χ0v) is 15.8. The first-order valence-corrected chi connectivity index (χ1v) is 8.60. The summed E-state index contributed by atoms with van der Waals surface area (Å²) in [7, 11) is 0. The number of non-ortho nitro benzene ring substituents is 1. The Morgan fingerprint density at radius 3 is 2.45 bits per heavy atom. The predicted octanol–water partition coefficient (Wildman–Crippen LogP) is 2.60. The van der Waals surface area contributed by atoms with Gasteiger partial charge in [0.05, 0.1) is 10.6 Å². The van der Waals surface area contributed by atoms with E-state index in [1.807, 2.05) is 0 Å². The zero-order valence-electron chi connectivity index (χ0n) is 15.8. The molecule has 0 aliphatic rings.